The van der Waals surface area contributed by atoms with Gasteiger partial charge < -0.3 is 19.7 Å². The Bertz CT molecular complexity index is 574. The number of nitrogens with one attached hydrogen (secondary N) is 1. The number of hydrogen-bond donors (Lipinski definition) is 1. The summed E-state index contributed by atoms with van der Waals surface area (Å²) >= 11 is 1.38. The molecule has 1 saturated heterocycles. The maximum Gasteiger partial charge on any atom is 0.410 e. The molecule has 1 aromatic rings. The fourth-order valence-corrected chi connectivity index (χ4v) is 3.10. The first-order valence-corrected chi connectivity index (χ1v) is 9.03. The molecule has 1 aromatic heterocycles. The van der Waals surface area contributed by atoms with Crippen molar-refractivity contribution in [1.29, 1.82) is 0 Å². The second-order valence-electron chi connectivity index (χ2n) is 6.64. The van der Waals surface area contributed by atoms with Crippen LogP contribution in [-0.4, -0.2) is 53.3 Å². The van der Waals surface area contributed by atoms with Crippen LogP contribution in [0.3, 0.4) is 0 Å². The maximum absolute atomic E-state index is 12.0. The lowest BCUT2D eigenvalue weighted by Gasteiger charge is -2.33. The van der Waals surface area contributed by atoms with Gasteiger partial charge in [-0.25, -0.2) is 14.6 Å². The van der Waals surface area contributed by atoms with E-state index in [4.69, 9.17) is 9.47 Å². The number of piperidine rings is 1. The summed E-state index contributed by atoms with van der Waals surface area (Å²) in [5.74, 6) is -0.401. The summed E-state index contributed by atoms with van der Waals surface area (Å²) in [5, 5.41) is 5.72. The summed E-state index contributed by atoms with van der Waals surface area (Å²) in [4.78, 5) is 29.6. The van der Waals surface area contributed by atoms with Crippen molar-refractivity contribution in [2.24, 2.45) is 0 Å². The highest BCUT2D eigenvalue weighted by Crippen LogP contribution is 2.22. The lowest BCUT2D eigenvalue weighted by molar-refractivity contribution is 0.0210. The highest BCUT2D eigenvalue weighted by atomic mass is 32.1. The minimum absolute atomic E-state index is 0.227. The number of carbonyl (C=O) groups is 2. The van der Waals surface area contributed by atoms with Crippen LogP contribution in [0.1, 0.15) is 51.0 Å². The summed E-state index contributed by atoms with van der Waals surface area (Å²) in [7, 11) is 0. The Hall–Kier alpha value is -1.83. The van der Waals surface area contributed by atoms with Crippen LogP contribution in [-0.2, 0) is 9.47 Å². The number of aromatic nitrogens is 1. The third kappa shape index (κ3) is 5.36. The Morgan fingerprint density at radius 3 is 2.62 bits per heavy atom. The van der Waals surface area contributed by atoms with Crippen molar-refractivity contribution < 1.29 is 19.1 Å². The van der Waals surface area contributed by atoms with Crippen LogP contribution in [0.4, 0.5) is 9.93 Å². The minimum atomic E-state index is -0.476. The number of esters is 1. The van der Waals surface area contributed by atoms with E-state index in [9.17, 15) is 9.59 Å². The molecule has 0 bridgehead atoms. The van der Waals surface area contributed by atoms with Crippen LogP contribution in [0.5, 0.6) is 0 Å². The van der Waals surface area contributed by atoms with E-state index in [1.807, 2.05) is 20.8 Å². The molecule has 7 nitrogen and oxygen atoms in total. The average Bonchev–Trinajstić information content (AvgIpc) is 2.95. The molecule has 2 heterocycles. The van der Waals surface area contributed by atoms with Gasteiger partial charge in [0.25, 0.3) is 0 Å². The fraction of sp³-hybridized carbons (Fsp3) is 0.688. The molecule has 1 aliphatic heterocycles. The van der Waals surface area contributed by atoms with Crippen LogP contribution in [0, 0.1) is 0 Å². The predicted molar refractivity (Wildman–Crippen MR) is 92.5 cm³/mol. The molecule has 1 aliphatic rings. The third-order valence-corrected chi connectivity index (χ3v) is 4.24. The van der Waals surface area contributed by atoms with E-state index in [0.29, 0.717) is 30.5 Å². The van der Waals surface area contributed by atoms with E-state index in [2.05, 4.69) is 10.3 Å². The number of carbonyl (C=O) groups excluding carboxylic acids is 2. The van der Waals surface area contributed by atoms with Crippen molar-refractivity contribution in [3.05, 3.63) is 11.1 Å². The third-order valence-electron chi connectivity index (χ3n) is 3.46. The van der Waals surface area contributed by atoms with Gasteiger partial charge in [0.1, 0.15) is 5.60 Å². The van der Waals surface area contributed by atoms with Gasteiger partial charge in [-0.2, -0.15) is 0 Å². The molecule has 0 saturated carbocycles. The topological polar surface area (TPSA) is 80.8 Å². The van der Waals surface area contributed by atoms with Crippen molar-refractivity contribution in [2.45, 2.75) is 52.2 Å². The van der Waals surface area contributed by atoms with Crippen LogP contribution in [0.25, 0.3) is 0 Å². The number of thiazole rings is 1. The normalized spacial score (nSPS) is 15.9. The molecule has 1 N–H and O–H groups in total. The van der Waals surface area contributed by atoms with Crippen molar-refractivity contribution in [1.82, 2.24) is 9.88 Å². The molecule has 0 unspecified atom stereocenters. The van der Waals surface area contributed by atoms with Crippen LogP contribution >= 0.6 is 11.3 Å². The molecular weight excluding hydrogens is 330 g/mol. The van der Waals surface area contributed by atoms with E-state index >= 15 is 0 Å². The molecule has 2 rings (SSSR count). The van der Waals surface area contributed by atoms with Crippen molar-refractivity contribution in [2.75, 3.05) is 25.0 Å². The summed E-state index contributed by atoms with van der Waals surface area (Å²) in [5.41, 5.74) is -0.146. The first-order chi connectivity index (χ1) is 11.3. The first kappa shape index (κ1) is 18.5. The van der Waals surface area contributed by atoms with Gasteiger partial charge in [0.2, 0.25) is 0 Å². The SMILES string of the molecule is CCOC(=O)c1csc(NC2CCN(C(=O)OC(C)(C)C)CC2)n1. The molecule has 24 heavy (non-hydrogen) atoms. The van der Waals surface area contributed by atoms with E-state index in [1.54, 1.807) is 17.2 Å². The number of nitrogens with zero attached hydrogens (tertiary/aromatic N) is 2. The quantitative estimate of drug-likeness (QED) is 0.836. The van der Waals surface area contributed by atoms with Gasteiger partial charge in [0.15, 0.2) is 10.8 Å². The number of ether oxygens (including phenoxy) is 2. The smallest absolute Gasteiger partial charge is 0.410 e. The number of likely N-dealkylation sites (tertiary alicyclic amines) is 1. The maximum atomic E-state index is 12.0. The Labute approximate surface area is 146 Å². The zero-order valence-electron chi connectivity index (χ0n) is 14.6. The Morgan fingerprint density at radius 2 is 2.04 bits per heavy atom. The highest BCUT2D eigenvalue weighted by molar-refractivity contribution is 7.13. The Kier molecular flexibility index (Phi) is 6.04. The first-order valence-electron chi connectivity index (χ1n) is 8.15. The molecule has 0 aliphatic carbocycles. The number of anilines is 1. The Balaban J connectivity index is 1.81. The molecule has 134 valence electrons. The molecular formula is C16H25N3O4S. The second-order valence-corrected chi connectivity index (χ2v) is 7.50. The summed E-state index contributed by atoms with van der Waals surface area (Å²) < 4.78 is 10.3. The van der Waals surface area contributed by atoms with E-state index in [1.165, 1.54) is 11.3 Å². The summed E-state index contributed by atoms with van der Waals surface area (Å²) in [6.45, 7) is 8.98. The molecule has 0 aromatic carbocycles. The number of rotatable bonds is 4. The van der Waals surface area contributed by atoms with E-state index < -0.39 is 11.6 Å². The summed E-state index contributed by atoms with van der Waals surface area (Å²) in [6.07, 6.45) is 1.36. The fourth-order valence-electron chi connectivity index (χ4n) is 2.35. The zero-order chi connectivity index (χ0) is 17.7. The van der Waals surface area contributed by atoms with Gasteiger partial charge in [-0.05, 0) is 40.5 Å². The van der Waals surface area contributed by atoms with Crippen molar-refractivity contribution in [3.8, 4) is 0 Å². The molecule has 8 heteroatoms. The van der Waals surface area contributed by atoms with Crippen molar-refractivity contribution >= 4 is 28.5 Å². The lowest BCUT2D eigenvalue weighted by Crippen LogP contribution is -2.44. The lowest BCUT2D eigenvalue weighted by atomic mass is 10.1. The molecule has 0 spiro atoms. The monoisotopic (exact) mass is 355 g/mol. The number of amides is 1. The van der Waals surface area contributed by atoms with E-state index in [0.717, 1.165) is 12.8 Å². The van der Waals surface area contributed by atoms with Crippen LogP contribution in [0.15, 0.2) is 5.38 Å². The number of hydrogen-bond acceptors (Lipinski definition) is 7. The summed E-state index contributed by atoms with van der Waals surface area (Å²) in [6, 6.07) is 0.227. The van der Waals surface area contributed by atoms with Gasteiger partial charge in [-0.1, -0.05) is 0 Å². The van der Waals surface area contributed by atoms with Gasteiger partial charge in [-0.15, -0.1) is 11.3 Å². The van der Waals surface area contributed by atoms with Gasteiger partial charge >= 0.3 is 12.1 Å². The largest absolute Gasteiger partial charge is 0.461 e. The van der Waals surface area contributed by atoms with Crippen LogP contribution in [0.2, 0.25) is 0 Å². The van der Waals surface area contributed by atoms with Gasteiger partial charge in [-0.3, -0.25) is 0 Å². The highest BCUT2D eigenvalue weighted by Gasteiger charge is 2.27. The second kappa shape index (κ2) is 7.83. The standard InChI is InChI=1S/C16H25N3O4S/c1-5-22-13(20)12-10-24-14(18-12)17-11-6-8-19(9-7-11)15(21)23-16(2,3)4/h10-11H,5-9H2,1-4H3,(H,17,18). The molecule has 0 atom stereocenters. The molecule has 1 fully saturated rings. The predicted octanol–water partition coefficient (Wildman–Crippen LogP) is 3.13. The molecule has 0 radical (unpaired) electrons. The minimum Gasteiger partial charge on any atom is -0.461 e. The van der Waals surface area contributed by atoms with Gasteiger partial charge in [0.05, 0.1) is 6.61 Å². The van der Waals surface area contributed by atoms with Crippen LogP contribution < -0.4 is 5.32 Å². The molecule has 1 amide bonds. The van der Waals surface area contributed by atoms with Gasteiger partial charge in [0, 0.05) is 24.5 Å². The average molecular weight is 355 g/mol. The van der Waals surface area contributed by atoms with Crippen molar-refractivity contribution in [3.63, 3.8) is 0 Å². The Morgan fingerprint density at radius 1 is 1.38 bits per heavy atom. The van der Waals surface area contributed by atoms with E-state index in [-0.39, 0.29) is 12.1 Å². The zero-order valence-corrected chi connectivity index (χ0v) is 15.4.